The number of amides is 1. The van der Waals surface area contributed by atoms with Crippen LogP contribution >= 0.6 is 0 Å². The van der Waals surface area contributed by atoms with Gasteiger partial charge in [0.1, 0.15) is 0 Å². The molecule has 7 nitrogen and oxygen atoms in total. The predicted molar refractivity (Wildman–Crippen MR) is 79.6 cm³/mol. The first-order chi connectivity index (χ1) is 10.5. The Hall–Kier alpha value is -1.92. The quantitative estimate of drug-likeness (QED) is 0.455. The van der Waals surface area contributed by atoms with Crippen LogP contribution in [0.5, 0.6) is 0 Å². The number of nitrogens with one attached hydrogen (secondary N) is 1. The molecule has 2 N–H and O–H groups in total. The van der Waals surface area contributed by atoms with Crippen molar-refractivity contribution in [2.75, 3.05) is 5.32 Å². The van der Waals surface area contributed by atoms with Gasteiger partial charge in [0.05, 0.1) is 0 Å². The van der Waals surface area contributed by atoms with Crippen LogP contribution in [-0.2, 0) is 22.7 Å². The van der Waals surface area contributed by atoms with E-state index in [0.29, 0.717) is 11.4 Å². The molecule has 0 spiro atoms. The average molecular weight is 366 g/mol. The fourth-order valence-corrected chi connectivity index (χ4v) is 4.03. The summed E-state index contributed by atoms with van der Waals surface area (Å²) in [6.07, 6.45) is 1.58. The Balaban J connectivity index is 2.12. The second kappa shape index (κ2) is 7.37. The summed E-state index contributed by atoms with van der Waals surface area (Å²) in [5, 5.41) is 11.6. The van der Waals surface area contributed by atoms with Crippen molar-refractivity contribution >= 4 is 30.1 Å². The van der Waals surface area contributed by atoms with E-state index in [1.807, 2.05) is 0 Å². The van der Waals surface area contributed by atoms with E-state index in [1.54, 1.807) is 36.5 Å². The third-order valence-corrected chi connectivity index (χ3v) is 6.11. The van der Waals surface area contributed by atoms with Gasteiger partial charge in [-0.05, 0) is 0 Å². The molecule has 8 heteroatoms. The molecule has 1 aromatic carbocycles. The van der Waals surface area contributed by atoms with E-state index in [4.69, 9.17) is 8.98 Å². The Labute approximate surface area is 130 Å². The maximum absolute atomic E-state index is 12.5. The minimum absolute atomic E-state index is 0.0503. The summed E-state index contributed by atoms with van der Waals surface area (Å²) in [5.41, 5.74) is 1.11. The molecule has 1 atom stereocenters. The first kappa shape index (κ1) is 16.4. The molecule has 2 aromatic rings. The zero-order valence-corrected chi connectivity index (χ0v) is 13.7. The van der Waals surface area contributed by atoms with E-state index in [-0.39, 0.29) is 16.9 Å². The topological polar surface area (TPSA) is 97.8 Å². The first-order valence-electron chi connectivity index (χ1n) is 6.39. The second-order valence-corrected chi connectivity index (χ2v) is 8.46. The van der Waals surface area contributed by atoms with Crippen LogP contribution in [0, 0.1) is 0 Å². The van der Waals surface area contributed by atoms with Gasteiger partial charge in [-0.1, -0.05) is 0 Å². The second-order valence-electron chi connectivity index (χ2n) is 4.40. The number of carbonyl (C=O) groups is 1. The van der Waals surface area contributed by atoms with Gasteiger partial charge in [-0.2, -0.15) is 0 Å². The number of pyridine rings is 1. The molecule has 0 fully saturated rings. The van der Waals surface area contributed by atoms with Crippen molar-refractivity contribution in [1.29, 1.82) is 0 Å². The van der Waals surface area contributed by atoms with Crippen LogP contribution in [0.4, 0.5) is 5.69 Å². The summed E-state index contributed by atoms with van der Waals surface area (Å²) in [7, 11) is 0. The van der Waals surface area contributed by atoms with Crippen LogP contribution in [-0.4, -0.2) is 30.3 Å². The molecule has 116 valence electrons. The fourth-order valence-electron chi connectivity index (χ4n) is 1.71. The van der Waals surface area contributed by atoms with Crippen LogP contribution in [0.25, 0.3) is 0 Å². The number of carbonyl (C=O) groups excluding carboxylic acids is 1. The zero-order chi connectivity index (χ0) is 16.0. The van der Waals surface area contributed by atoms with Gasteiger partial charge in [-0.3, -0.25) is 0 Å². The molecule has 0 aliphatic carbocycles. The molecule has 0 aliphatic rings. The van der Waals surface area contributed by atoms with Crippen LogP contribution in [0.1, 0.15) is 12.6 Å². The number of aromatic nitrogens is 1. The molecule has 1 aromatic heterocycles. The molecule has 1 heterocycles. The monoisotopic (exact) mass is 366 g/mol. The standard InChI is InChI=1S/C14H15AsN2O5/c1-11(18)17-13-7-5-12(6-8-13)15(19,22-20)21-10-14-4-2-3-9-16-14/h2-9,20H,10H2,1H3,(H,17,18). The Kier molecular flexibility index (Phi) is 5.51. The van der Waals surface area contributed by atoms with Gasteiger partial charge in [0.15, 0.2) is 0 Å². The van der Waals surface area contributed by atoms with Crippen molar-refractivity contribution in [3.05, 3.63) is 54.4 Å². The third-order valence-electron chi connectivity index (χ3n) is 2.72. The minimum atomic E-state index is -4.58. The Morgan fingerprint density at radius 1 is 1.27 bits per heavy atom. The number of nitrogens with zero attached hydrogens (tertiary/aromatic N) is 1. The Bertz CT molecular complexity index is 675. The van der Waals surface area contributed by atoms with Crippen LogP contribution in [0.2, 0.25) is 0 Å². The van der Waals surface area contributed by atoms with Gasteiger partial charge < -0.3 is 0 Å². The van der Waals surface area contributed by atoms with Gasteiger partial charge in [0.2, 0.25) is 0 Å². The van der Waals surface area contributed by atoms with E-state index < -0.39 is 14.2 Å². The van der Waals surface area contributed by atoms with E-state index in [2.05, 4.69) is 14.2 Å². The molecule has 0 bridgehead atoms. The van der Waals surface area contributed by atoms with E-state index >= 15 is 0 Å². The Morgan fingerprint density at radius 3 is 2.55 bits per heavy atom. The number of hydrogen-bond donors (Lipinski definition) is 2. The summed E-state index contributed by atoms with van der Waals surface area (Å²) in [6.45, 7) is 1.33. The number of hydrogen-bond acceptors (Lipinski definition) is 6. The number of rotatable bonds is 6. The van der Waals surface area contributed by atoms with Gasteiger partial charge in [-0.25, -0.2) is 0 Å². The molecule has 0 radical (unpaired) electrons. The van der Waals surface area contributed by atoms with Crippen LogP contribution in [0.15, 0.2) is 48.7 Å². The molecular formula is C14H15AsN2O5. The van der Waals surface area contributed by atoms with Crippen LogP contribution < -0.4 is 9.67 Å². The molecule has 22 heavy (non-hydrogen) atoms. The predicted octanol–water partition coefficient (Wildman–Crippen LogP) is 1.32. The zero-order valence-electron chi connectivity index (χ0n) is 11.8. The maximum atomic E-state index is 12.5. The summed E-state index contributed by atoms with van der Waals surface area (Å²) >= 11 is -4.58. The van der Waals surface area contributed by atoms with Gasteiger partial charge >= 0.3 is 130 Å². The van der Waals surface area contributed by atoms with Gasteiger partial charge in [-0.15, -0.1) is 0 Å². The van der Waals surface area contributed by atoms with Crippen molar-refractivity contribution < 1.29 is 21.4 Å². The first-order valence-corrected chi connectivity index (χ1v) is 9.63. The van der Waals surface area contributed by atoms with E-state index in [0.717, 1.165) is 0 Å². The molecular weight excluding hydrogens is 351 g/mol. The normalized spacial score (nSPS) is 13.4. The summed E-state index contributed by atoms with van der Waals surface area (Å²) in [4.78, 5) is 15.0. The number of anilines is 1. The van der Waals surface area contributed by atoms with E-state index in [9.17, 15) is 8.53 Å². The van der Waals surface area contributed by atoms with Gasteiger partial charge in [0, 0.05) is 0 Å². The van der Waals surface area contributed by atoms with Crippen molar-refractivity contribution in [3.8, 4) is 0 Å². The summed E-state index contributed by atoms with van der Waals surface area (Å²) in [5.74, 6) is -0.217. The molecule has 1 unspecified atom stereocenters. The van der Waals surface area contributed by atoms with Crippen LogP contribution in [0.3, 0.4) is 0 Å². The molecule has 1 amide bonds. The fraction of sp³-hybridized carbons (Fsp3) is 0.143. The summed E-state index contributed by atoms with van der Waals surface area (Å²) in [6, 6.07) is 11.3. The molecule has 2 rings (SSSR count). The Morgan fingerprint density at radius 2 is 2.00 bits per heavy atom. The molecule has 0 aliphatic heterocycles. The molecule has 0 saturated heterocycles. The summed E-state index contributed by atoms with van der Waals surface area (Å²) < 4.78 is 22.2. The number of benzene rings is 1. The van der Waals surface area contributed by atoms with Crippen molar-refractivity contribution in [2.24, 2.45) is 0 Å². The van der Waals surface area contributed by atoms with E-state index in [1.165, 1.54) is 19.1 Å². The van der Waals surface area contributed by atoms with Crippen molar-refractivity contribution in [1.82, 2.24) is 4.98 Å². The SMILES string of the molecule is CC(=O)Nc1ccc([As](=O)(OO)OCc2ccccn2)cc1. The van der Waals surface area contributed by atoms with Crippen molar-refractivity contribution in [3.63, 3.8) is 0 Å². The van der Waals surface area contributed by atoms with Crippen molar-refractivity contribution in [2.45, 2.75) is 13.5 Å². The van der Waals surface area contributed by atoms with Gasteiger partial charge in [0.25, 0.3) is 0 Å². The average Bonchev–Trinajstić information content (AvgIpc) is 2.54. The molecule has 0 saturated carbocycles. The third kappa shape index (κ3) is 4.29.